The molecule has 0 fully saturated rings. The summed E-state index contributed by atoms with van der Waals surface area (Å²) in [5.41, 5.74) is 6.88. The molecular weight excluding hydrogens is 313 g/mol. The third kappa shape index (κ3) is 3.13. The van der Waals surface area contributed by atoms with Crippen LogP contribution in [-0.2, 0) is 0 Å². The Morgan fingerprint density at radius 1 is 1.17 bits per heavy atom. The lowest BCUT2D eigenvalue weighted by molar-refractivity contribution is 0.602. The van der Waals surface area contributed by atoms with Crippen molar-refractivity contribution in [1.29, 1.82) is 0 Å². The van der Waals surface area contributed by atoms with Crippen LogP contribution < -0.4 is 5.73 Å². The lowest BCUT2D eigenvalue weighted by atomic mass is 10.1. The molecule has 0 aliphatic carbocycles. The predicted molar refractivity (Wildman–Crippen MR) is 77.3 cm³/mol. The molecule has 18 heavy (non-hydrogen) atoms. The summed E-state index contributed by atoms with van der Waals surface area (Å²) >= 11 is 4.90. The summed E-state index contributed by atoms with van der Waals surface area (Å²) in [4.78, 5) is 1.59. The Labute approximate surface area is 119 Å². The second-order valence-electron chi connectivity index (χ2n) is 4.01. The maximum Gasteiger partial charge on any atom is 0.137 e. The zero-order valence-electron chi connectivity index (χ0n) is 9.86. The Bertz CT molecular complexity index is 557. The van der Waals surface area contributed by atoms with Gasteiger partial charge in [0.1, 0.15) is 5.82 Å². The van der Waals surface area contributed by atoms with Gasteiger partial charge in [-0.1, -0.05) is 30.0 Å². The molecule has 2 aromatic carbocycles. The summed E-state index contributed by atoms with van der Waals surface area (Å²) in [6, 6.07) is 12.7. The third-order valence-electron chi connectivity index (χ3n) is 2.54. The Kier molecular flexibility index (Phi) is 4.43. The smallest absolute Gasteiger partial charge is 0.137 e. The van der Waals surface area contributed by atoms with Gasteiger partial charge in [0.2, 0.25) is 0 Å². The molecule has 0 spiro atoms. The minimum absolute atomic E-state index is 0.00573. The molecule has 0 bridgehead atoms. The fourth-order valence-corrected chi connectivity index (χ4v) is 3.01. The maximum atomic E-state index is 13.6. The molecule has 1 nitrogen and oxygen atoms in total. The first-order valence-corrected chi connectivity index (χ1v) is 7.16. The van der Waals surface area contributed by atoms with Gasteiger partial charge in [0, 0.05) is 20.3 Å². The number of halogens is 2. The standard InChI is InChI=1S/C14H13BrFNS/c1-9(17)10-6-7-13(11(15)8-10)18-14-5-3-2-4-12(14)16/h2-9H,17H2,1H3/t9-/m1/s1. The van der Waals surface area contributed by atoms with Gasteiger partial charge in [0.05, 0.1) is 0 Å². The predicted octanol–water partition coefficient (Wildman–Crippen LogP) is 4.76. The van der Waals surface area contributed by atoms with E-state index in [1.807, 2.05) is 31.2 Å². The number of rotatable bonds is 3. The molecule has 0 saturated carbocycles. The highest BCUT2D eigenvalue weighted by atomic mass is 79.9. The summed E-state index contributed by atoms with van der Waals surface area (Å²) in [5, 5.41) is 0. The molecule has 0 radical (unpaired) electrons. The fraction of sp³-hybridized carbons (Fsp3) is 0.143. The summed E-state index contributed by atoms with van der Waals surface area (Å²) in [6.45, 7) is 1.94. The lowest BCUT2D eigenvalue weighted by Crippen LogP contribution is -2.04. The Morgan fingerprint density at radius 3 is 2.50 bits per heavy atom. The van der Waals surface area contributed by atoms with Gasteiger partial charge in [-0.15, -0.1) is 0 Å². The molecule has 0 aromatic heterocycles. The highest BCUT2D eigenvalue weighted by molar-refractivity contribution is 9.10. The van der Waals surface area contributed by atoms with Crippen molar-refractivity contribution >= 4 is 27.7 Å². The van der Waals surface area contributed by atoms with E-state index in [4.69, 9.17) is 5.73 Å². The number of nitrogens with two attached hydrogens (primary N) is 1. The molecule has 0 heterocycles. The van der Waals surface area contributed by atoms with Gasteiger partial charge < -0.3 is 5.73 Å². The normalized spacial score (nSPS) is 12.4. The first kappa shape index (κ1) is 13.6. The van der Waals surface area contributed by atoms with Crippen LogP contribution in [0.2, 0.25) is 0 Å². The van der Waals surface area contributed by atoms with Gasteiger partial charge in [0.15, 0.2) is 0 Å². The first-order chi connectivity index (χ1) is 8.58. The zero-order valence-corrected chi connectivity index (χ0v) is 12.3. The van der Waals surface area contributed by atoms with Crippen molar-refractivity contribution in [2.24, 2.45) is 5.73 Å². The van der Waals surface area contributed by atoms with Crippen LogP contribution in [0.25, 0.3) is 0 Å². The first-order valence-electron chi connectivity index (χ1n) is 5.55. The van der Waals surface area contributed by atoms with Gasteiger partial charge in [-0.05, 0) is 52.7 Å². The molecule has 0 aliphatic heterocycles. The summed E-state index contributed by atoms with van der Waals surface area (Å²) in [5.74, 6) is -0.203. The molecule has 2 N–H and O–H groups in total. The van der Waals surface area contributed by atoms with Crippen molar-refractivity contribution < 1.29 is 4.39 Å². The van der Waals surface area contributed by atoms with Gasteiger partial charge in [-0.25, -0.2) is 4.39 Å². The van der Waals surface area contributed by atoms with Crippen molar-refractivity contribution in [2.75, 3.05) is 0 Å². The Balaban J connectivity index is 2.28. The van der Waals surface area contributed by atoms with Gasteiger partial charge in [-0.2, -0.15) is 0 Å². The largest absolute Gasteiger partial charge is 0.324 e. The van der Waals surface area contributed by atoms with E-state index in [0.29, 0.717) is 4.90 Å². The highest BCUT2D eigenvalue weighted by Crippen LogP contribution is 2.35. The van der Waals surface area contributed by atoms with Crippen molar-refractivity contribution in [1.82, 2.24) is 0 Å². The summed E-state index contributed by atoms with van der Waals surface area (Å²) in [6.07, 6.45) is 0. The van der Waals surface area contributed by atoms with Crippen molar-refractivity contribution in [3.8, 4) is 0 Å². The molecule has 1 atom stereocenters. The molecule has 0 unspecified atom stereocenters. The van der Waals surface area contributed by atoms with E-state index in [-0.39, 0.29) is 11.9 Å². The van der Waals surface area contributed by atoms with Gasteiger partial charge in [-0.3, -0.25) is 0 Å². The number of benzene rings is 2. The topological polar surface area (TPSA) is 26.0 Å². The highest BCUT2D eigenvalue weighted by Gasteiger charge is 2.08. The Morgan fingerprint density at radius 2 is 1.89 bits per heavy atom. The minimum atomic E-state index is -0.203. The molecular formula is C14H13BrFNS. The second-order valence-corrected chi connectivity index (χ2v) is 5.95. The lowest BCUT2D eigenvalue weighted by Gasteiger charge is -2.10. The van der Waals surface area contributed by atoms with Crippen LogP contribution in [-0.4, -0.2) is 0 Å². The van der Waals surface area contributed by atoms with Crippen LogP contribution in [0.4, 0.5) is 4.39 Å². The van der Waals surface area contributed by atoms with Crippen LogP contribution in [0.5, 0.6) is 0 Å². The van der Waals surface area contributed by atoms with E-state index < -0.39 is 0 Å². The van der Waals surface area contributed by atoms with Crippen molar-refractivity contribution in [2.45, 2.75) is 22.8 Å². The molecule has 0 amide bonds. The third-order valence-corrected chi connectivity index (χ3v) is 4.58. The van der Waals surface area contributed by atoms with Gasteiger partial charge in [0.25, 0.3) is 0 Å². The number of hydrogen-bond acceptors (Lipinski definition) is 2. The van der Waals surface area contributed by atoms with Crippen LogP contribution in [0, 0.1) is 5.82 Å². The fourth-order valence-electron chi connectivity index (χ4n) is 1.53. The van der Waals surface area contributed by atoms with E-state index in [2.05, 4.69) is 15.9 Å². The SMILES string of the molecule is C[C@@H](N)c1ccc(Sc2ccccc2F)c(Br)c1. The molecule has 2 rings (SSSR count). The summed E-state index contributed by atoms with van der Waals surface area (Å²) in [7, 11) is 0. The molecule has 94 valence electrons. The molecule has 0 aliphatic rings. The van der Waals surface area contributed by atoms with Crippen LogP contribution in [0.1, 0.15) is 18.5 Å². The van der Waals surface area contributed by atoms with E-state index in [1.54, 1.807) is 12.1 Å². The zero-order chi connectivity index (χ0) is 13.1. The van der Waals surface area contributed by atoms with Gasteiger partial charge >= 0.3 is 0 Å². The molecule has 4 heteroatoms. The number of hydrogen-bond donors (Lipinski definition) is 1. The van der Waals surface area contributed by atoms with Crippen LogP contribution in [0.3, 0.4) is 0 Å². The maximum absolute atomic E-state index is 13.6. The van der Waals surface area contributed by atoms with E-state index in [0.717, 1.165) is 14.9 Å². The van der Waals surface area contributed by atoms with E-state index in [9.17, 15) is 4.39 Å². The Hall–Kier alpha value is -0.840. The quantitative estimate of drug-likeness (QED) is 0.880. The van der Waals surface area contributed by atoms with Crippen LogP contribution in [0.15, 0.2) is 56.7 Å². The average molecular weight is 326 g/mol. The van der Waals surface area contributed by atoms with Crippen LogP contribution >= 0.6 is 27.7 Å². The average Bonchev–Trinajstić information content (AvgIpc) is 2.34. The second kappa shape index (κ2) is 5.87. The molecule has 2 aromatic rings. The molecule has 0 saturated heterocycles. The van der Waals surface area contributed by atoms with Crippen molar-refractivity contribution in [3.05, 3.63) is 58.3 Å². The minimum Gasteiger partial charge on any atom is -0.324 e. The van der Waals surface area contributed by atoms with Crippen molar-refractivity contribution in [3.63, 3.8) is 0 Å². The monoisotopic (exact) mass is 325 g/mol. The summed E-state index contributed by atoms with van der Waals surface area (Å²) < 4.78 is 14.5. The van der Waals surface area contributed by atoms with E-state index in [1.165, 1.54) is 17.8 Å². The van der Waals surface area contributed by atoms with E-state index >= 15 is 0 Å².